The molecule has 0 bridgehead atoms. The van der Waals surface area contributed by atoms with Crippen LogP contribution in [0.3, 0.4) is 0 Å². The monoisotopic (exact) mass is 783 g/mol. The zero-order valence-electron chi connectivity index (χ0n) is 34.3. The molecule has 304 valence electrons. The van der Waals surface area contributed by atoms with Crippen LogP contribution in [0.5, 0.6) is 11.5 Å². The number of phenolic OH excluding ortho intramolecular Hbond substituents is 2. The fourth-order valence-electron chi connectivity index (χ4n) is 11.9. The van der Waals surface area contributed by atoms with Gasteiger partial charge in [0.1, 0.15) is 17.6 Å². The number of nitrogens with zero attached hydrogens (tertiary/aromatic N) is 4. The van der Waals surface area contributed by atoms with Gasteiger partial charge in [-0.1, -0.05) is 63.6 Å². The van der Waals surface area contributed by atoms with Crippen molar-refractivity contribution in [3.8, 4) is 28.6 Å². The Kier molecular flexibility index (Phi) is 9.88. The topological polar surface area (TPSA) is 134 Å². The number of hydrogen-bond donors (Lipinski definition) is 3. The summed E-state index contributed by atoms with van der Waals surface area (Å²) in [6.45, 7) is 10.3. The third-order valence-electron chi connectivity index (χ3n) is 15.2. The van der Waals surface area contributed by atoms with E-state index in [-0.39, 0.29) is 46.3 Å². The zero-order chi connectivity index (χ0) is 40.3. The van der Waals surface area contributed by atoms with Gasteiger partial charge in [0.15, 0.2) is 5.82 Å². The minimum atomic E-state index is -0.415. The third kappa shape index (κ3) is 6.66. The molecule has 5 aliphatic rings. The van der Waals surface area contributed by atoms with E-state index in [2.05, 4.69) is 53.3 Å². The average Bonchev–Trinajstić information content (AvgIpc) is 3.78. The minimum absolute atomic E-state index is 0.00476. The highest BCUT2D eigenvalue weighted by Crippen LogP contribution is 2.66. The van der Waals surface area contributed by atoms with Crippen LogP contribution in [-0.4, -0.2) is 60.1 Å². The molecule has 4 aromatic rings. The minimum Gasteiger partial charge on any atom is -0.508 e. The number of phenols is 2. The molecule has 10 nitrogen and oxygen atoms in total. The predicted octanol–water partition coefficient (Wildman–Crippen LogP) is 9.57. The highest BCUT2D eigenvalue weighted by Gasteiger charge is 2.57. The Balaban J connectivity index is 0.785. The third-order valence-corrected chi connectivity index (χ3v) is 15.2. The number of benzene rings is 2. The highest BCUT2D eigenvalue weighted by molar-refractivity contribution is 5.73. The normalized spacial score (nSPS) is 28.3. The summed E-state index contributed by atoms with van der Waals surface area (Å²) in [7, 11) is 0. The van der Waals surface area contributed by atoms with E-state index in [0.29, 0.717) is 53.6 Å². The van der Waals surface area contributed by atoms with Crippen molar-refractivity contribution < 1.29 is 19.7 Å². The molecule has 0 unspecified atom stereocenters. The van der Waals surface area contributed by atoms with Crippen LogP contribution < -0.4 is 5.69 Å². The Morgan fingerprint density at radius 1 is 0.948 bits per heavy atom. The van der Waals surface area contributed by atoms with E-state index < -0.39 is 5.69 Å². The molecule has 1 aliphatic heterocycles. The number of aromatic hydroxyl groups is 2. The summed E-state index contributed by atoms with van der Waals surface area (Å²) in [5.41, 5.74) is 7.12. The van der Waals surface area contributed by atoms with Crippen molar-refractivity contribution >= 4 is 11.7 Å². The van der Waals surface area contributed by atoms with Crippen molar-refractivity contribution in [1.29, 1.82) is 0 Å². The molecule has 6 atom stereocenters. The zero-order valence-corrected chi connectivity index (χ0v) is 34.3. The van der Waals surface area contributed by atoms with Crippen LogP contribution in [-0.2, 0) is 11.2 Å². The maximum Gasteiger partial charge on any atom is 0.410 e. The quantitative estimate of drug-likeness (QED) is 0.159. The van der Waals surface area contributed by atoms with Crippen LogP contribution in [0.15, 0.2) is 83.4 Å². The van der Waals surface area contributed by atoms with Crippen LogP contribution in [0.25, 0.3) is 22.6 Å². The fraction of sp³-hybridized carbons (Fsp3) is 0.500. The van der Waals surface area contributed by atoms with Gasteiger partial charge in [-0.3, -0.25) is 4.98 Å². The van der Waals surface area contributed by atoms with E-state index >= 15 is 0 Å². The number of carbonyl (C=O) groups is 1. The molecule has 0 spiro atoms. The van der Waals surface area contributed by atoms with Gasteiger partial charge >= 0.3 is 11.8 Å². The molecule has 1 amide bonds. The Bertz CT molecular complexity index is 2300. The number of hydrogen-bond acceptors (Lipinski definition) is 7. The van der Waals surface area contributed by atoms with E-state index in [0.717, 1.165) is 56.9 Å². The number of fused-ring (bicyclic) bond motifs is 5. The first-order valence-electron chi connectivity index (χ1n) is 21.5. The van der Waals surface area contributed by atoms with Crippen LogP contribution in [0, 0.1) is 34.5 Å². The average molecular weight is 784 g/mol. The van der Waals surface area contributed by atoms with Gasteiger partial charge in [0.25, 0.3) is 0 Å². The number of allylic oxidation sites excluding steroid dienone is 3. The maximum absolute atomic E-state index is 13.5. The van der Waals surface area contributed by atoms with Gasteiger partial charge in [0.05, 0.1) is 11.3 Å². The molecule has 9 rings (SSSR count). The van der Waals surface area contributed by atoms with E-state index in [4.69, 9.17) is 4.74 Å². The van der Waals surface area contributed by atoms with Crippen molar-refractivity contribution in [2.24, 2.45) is 34.5 Å². The summed E-state index contributed by atoms with van der Waals surface area (Å²) < 4.78 is 7.70. The predicted molar refractivity (Wildman–Crippen MR) is 225 cm³/mol. The smallest absolute Gasteiger partial charge is 0.410 e. The van der Waals surface area contributed by atoms with Crippen molar-refractivity contribution in [3.05, 3.63) is 106 Å². The summed E-state index contributed by atoms with van der Waals surface area (Å²) in [5, 5.41) is 27.7. The lowest BCUT2D eigenvalue weighted by molar-refractivity contribution is -0.0302. The number of piperidine rings is 1. The van der Waals surface area contributed by atoms with Gasteiger partial charge in [0.2, 0.25) is 0 Å². The Labute approximate surface area is 341 Å². The molecule has 0 radical (unpaired) electrons. The van der Waals surface area contributed by atoms with Crippen molar-refractivity contribution in [3.63, 3.8) is 0 Å². The van der Waals surface area contributed by atoms with Crippen LogP contribution >= 0.6 is 0 Å². The molecule has 4 aliphatic carbocycles. The maximum atomic E-state index is 13.5. The molecule has 2 saturated carbocycles. The highest BCUT2D eigenvalue weighted by atomic mass is 16.6. The van der Waals surface area contributed by atoms with Gasteiger partial charge in [0, 0.05) is 38.0 Å². The number of likely N-dealkylation sites (tertiary alicyclic amines) is 1. The summed E-state index contributed by atoms with van der Waals surface area (Å²) in [6.07, 6.45) is 19.1. The van der Waals surface area contributed by atoms with Gasteiger partial charge < -0.3 is 19.8 Å². The fourth-order valence-corrected chi connectivity index (χ4v) is 11.9. The van der Waals surface area contributed by atoms with E-state index in [1.807, 2.05) is 55.4 Å². The van der Waals surface area contributed by atoms with Crippen molar-refractivity contribution in [1.82, 2.24) is 24.6 Å². The van der Waals surface area contributed by atoms with Crippen LogP contribution in [0.2, 0.25) is 0 Å². The Morgan fingerprint density at radius 2 is 1.72 bits per heavy atom. The number of H-pyrrole nitrogens is 1. The number of aromatic amines is 1. The van der Waals surface area contributed by atoms with E-state index in [1.54, 1.807) is 6.07 Å². The molecule has 10 heteroatoms. The molecule has 3 heterocycles. The van der Waals surface area contributed by atoms with E-state index in [9.17, 15) is 19.8 Å². The number of pyridine rings is 1. The second kappa shape index (κ2) is 14.9. The van der Waals surface area contributed by atoms with Gasteiger partial charge in [-0.2, -0.15) is 5.10 Å². The van der Waals surface area contributed by atoms with Crippen molar-refractivity contribution in [2.45, 2.75) is 104 Å². The Morgan fingerprint density at radius 3 is 2.47 bits per heavy atom. The van der Waals surface area contributed by atoms with Gasteiger partial charge in [-0.15, -0.1) is 0 Å². The molecule has 2 aromatic carbocycles. The summed E-state index contributed by atoms with van der Waals surface area (Å²) >= 11 is 0. The number of carbonyl (C=O) groups excluding carboxylic acids is 1. The number of ether oxygens (including phenoxy) is 1. The molecular formula is C48H57N5O5. The van der Waals surface area contributed by atoms with Crippen LogP contribution in [0.1, 0.15) is 108 Å². The molecule has 2 aromatic heterocycles. The standard InChI is InChI=1S/C48H57N5O5/c1-29(2)37-26-38(43(55)27-42(37)54)44-50-51-45(56)53(44)34-10-7-30(8-11-34)24-31-17-22-52(23-18-31)46(57)58-35-15-19-47(3)33(25-35)9-12-36-40-14-13-39(32-6-5-21-49-28-32)48(40,4)20-16-41(36)47/h5-11,13,21,26-29,31,35-36,40-41,54-55H,12,14-20,22-25H2,1-4H3,(H,51,56)/t35-,36-,40-,41-,47-,48+/m0/s1. The SMILES string of the molecule is CC(C)c1cc(-c2n[nH]c(=O)n2-c2ccc(CC3CCN(C(=O)O[C@H]4CC[C@@]5(C)C(=CC[C@@H]6[C@@H]5CC[C@]5(C)C(c7cccnc7)=CC[C@@H]65)C4)CC3)cc2)c(O)cc1O. The first-order valence-corrected chi connectivity index (χ1v) is 21.5. The van der Waals surface area contributed by atoms with Crippen LogP contribution in [0.4, 0.5) is 4.79 Å². The lowest BCUT2D eigenvalue weighted by Crippen LogP contribution is -2.50. The van der Waals surface area contributed by atoms with Crippen molar-refractivity contribution in [2.75, 3.05) is 13.1 Å². The molecule has 3 fully saturated rings. The second-order valence-corrected chi connectivity index (χ2v) is 18.6. The lowest BCUT2D eigenvalue weighted by atomic mass is 9.47. The number of nitrogens with one attached hydrogen (secondary N) is 1. The molecule has 1 saturated heterocycles. The number of aromatic nitrogens is 4. The summed E-state index contributed by atoms with van der Waals surface area (Å²) in [6, 6.07) is 15.1. The summed E-state index contributed by atoms with van der Waals surface area (Å²) in [5.74, 6) is 2.62. The largest absolute Gasteiger partial charge is 0.508 e. The Hall–Kier alpha value is -5.12. The number of rotatable bonds is 7. The first kappa shape index (κ1) is 38.4. The second-order valence-electron chi connectivity index (χ2n) is 18.6. The van der Waals surface area contributed by atoms with Gasteiger partial charge in [-0.25, -0.2) is 19.3 Å². The lowest BCUT2D eigenvalue weighted by Gasteiger charge is -2.58. The van der Waals surface area contributed by atoms with Gasteiger partial charge in [-0.05, 0) is 145 Å². The molecule has 58 heavy (non-hydrogen) atoms. The summed E-state index contributed by atoms with van der Waals surface area (Å²) in [4.78, 5) is 32.8. The molecule has 3 N–H and O–H groups in total. The number of amides is 1. The molecular weight excluding hydrogens is 727 g/mol. The van der Waals surface area contributed by atoms with E-state index in [1.165, 1.54) is 40.2 Å². The first-order chi connectivity index (χ1) is 27.9.